The number of esters is 4. The summed E-state index contributed by atoms with van der Waals surface area (Å²) in [6, 6.07) is 0. The Morgan fingerprint density at radius 3 is 0.927 bits per heavy atom. The standard InChI is InChI=1S/C77H128O17P2/c1-5-9-13-17-21-25-29-32-34-35-37-39-43-46-50-54-58-62-75(80)88-68-73(94-77(82)64-60-56-52-48-44-40-36-33-30-26-22-18-14-10-6-2)70-92-96(85,86)90-66-71(78)65-89-95(83,84)91-69-72(93-76(81)63-59-55-51-47-41-28-24-20-16-12-8-4)67-87-74(79)61-57-53-49-45-42-38-31-27-23-19-15-11-7-3/h9-10,13-15,19-22,24-27,31-34,36-37,39,46,50,71-73,78H,5-8,11-12,16-18,23,28-30,35,38,40-45,47-49,51-70H2,1-4H3,(H,83,84)(H,85,86)/b13-9-,14-10-,19-15-,24-20-,25-21-,26-22-,31-27-,34-32-,36-33-,39-37-,50-46-. The van der Waals surface area contributed by atoms with Crippen LogP contribution in [-0.4, -0.2) is 96.7 Å². The highest BCUT2D eigenvalue weighted by Gasteiger charge is 2.30. The summed E-state index contributed by atoms with van der Waals surface area (Å²) in [6.07, 6.45) is 74.7. The van der Waals surface area contributed by atoms with Crippen LogP contribution in [0.1, 0.15) is 272 Å². The molecule has 17 nitrogen and oxygen atoms in total. The lowest BCUT2D eigenvalue weighted by molar-refractivity contribution is -0.161. The van der Waals surface area contributed by atoms with Crippen molar-refractivity contribution in [2.75, 3.05) is 39.6 Å². The number of allylic oxidation sites excluding steroid dienone is 22. The van der Waals surface area contributed by atoms with Crippen molar-refractivity contribution >= 4 is 39.5 Å². The number of ether oxygens (including phenoxy) is 4. The first kappa shape index (κ1) is 91.2. The summed E-state index contributed by atoms with van der Waals surface area (Å²) in [7, 11) is -9.97. The van der Waals surface area contributed by atoms with E-state index in [4.69, 9.17) is 37.0 Å². The zero-order valence-corrected chi connectivity index (χ0v) is 61.3. The lowest BCUT2D eigenvalue weighted by Crippen LogP contribution is -2.30. The molecule has 0 aliphatic carbocycles. The molecule has 96 heavy (non-hydrogen) atoms. The molecule has 548 valence electrons. The molecule has 3 N–H and O–H groups in total. The predicted octanol–water partition coefficient (Wildman–Crippen LogP) is 20.5. The van der Waals surface area contributed by atoms with E-state index in [0.29, 0.717) is 32.1 Å². The fourth-order valence-corrected chi connectivity index (χ4v) is 10.6. The number of aliphatic hydroxyl groups excluding tert-OH is 1. The van der Waals surface area contributed by atoms with Gasteiger partial charge in [-0.15, -0.1) is 0 Å². The molecule has 0 spiro atoms. The molecular weight excluding hydrogens is 1260 g/mol. The van der Waals surface area contributed by atoms with Crippen LogP contribution in [0.25, 0.3) is 0 Å². The van der Waals surface area contributed by atoms with Gasteiger partial charge in [0.2, 0.25) is 0 Å². The van der Waals surface area contributed by atoms with Gasteiger partial charge >= 0.3 is 39.5 Å². The van der Waals surface area contributed by atoms with Gasteiger partial charge in [0.15, 0.2) is 12.2 Å². The summed E-state index contributed by atoms with van der Waals surface area (Å²) in [5.74, 6) is -2.30. The average molecular weight is 1390 g/mol. The third kappa shape index (κ3) is 67.8. The Hall–Kier alpha value is -4.80. The second-order valence-electron chi connectivity index (χ2n) is 23.8. The number of phosphoric ester groups is 2. The smallest absolute Gasteiger partial charge is 0.462 e. The minimum atomic E-state index is -4.99. The van der Waals surface area contributed by atoms with Crippen molar-refractivity contribution in [3.8, 4) is 0 Å². The van der Waals surface area contributed by atoms with E-state index in [1.54, 1.807) is 0 Å². The van der Waals surface area contributed by atoms with Gasteiger partial charge in [-0.2, -0.15) is 0 Å². The van der Waals surface area contributed by atoms with E-state index in [1.807, 2.05) is 12.2 Å². The Kier molecular flexibility index (Phi) is 65.3. The van der Waals surface area contributed by atoms with Crippen LogP contribution in [-0.2, 0) is 65.4 Å². The average Bonchev–Trinajstić information content (AvgIpc) is 2.18. The molecule has 0 aromatic heterocycles. The Morgan fingerprint density at radius 1 is 0.302 bits per heavy atom. The monoisotopic (exact) mass is 1390 g/mol. The Morgan fingerprint density at radius 2 is 0.573 bits per heavy atom. The summed E-state index contributed by atoms with van der Waals surface area (Å²) in [5.41, 5.74) is 0. The molecule has 0 saturated carbocycles. The van der Waals surface area contributed by atoms with Gasteiger partial charge in [0.25, 0.3) is 0 Å². The number of unbranched alkanes of at least 4 members (excludes halogenated alkanes) is 19. The van der Waals surface area contributed by atoms with Gasteiger partial charge in [-0.3, -0.25) is 37.3 Å². The number of carbonyl (C=O) groups excluding carboxylic acids is 4. The van der Waals surface area contributed by atoms with Crippen molar-refractivity contribution < 1.29 is 80.2 Å². The first-order chi connectivity index (χ1) is 46.7. The van der Waals surface area contributed by atoms with Gasteiger partial charge in [0, 0.05) is 25.7 Å². The summed E-state index contributed by atoms with van der Waals surface area (Å²) >= 11 is 0. The fourth-order valence-electron chi connectivity index (χ4n) is 9.05. The summed E-state index contributed by atoms with van der Waals surface area (Å²) in [6.45, 7) is 4.40. The number of carbonyl (C=O) groups is 4. The zero-order chi connectivity index (χ0) is 70.4. The highest BCUT2D eigenvalue weighted by molar-refractivity contribution is 7.47. The van der Waals surface area contributed by atoms with E-state index < -0.39 is 97.5 Å². The lowest BCUT2D eigenvalue weighted by Gasteiger charge is -2.21. The van der Waals surface area contributed by atoms with Crippen molar-refractivity contribution in [1.82, 2.24) is 0 Å². The zero-order valence-electron chi connectivity index (χ0n) is 59.5. The summed E-state index contributed by atoms with van der Waals surface area (Å²) in [4.78, 5) is 72.7. The van der Waals surface area contributed by atoms with Crippen LogP contribution < -0.4 is 0 Å². The van der Waals surface area contributed by atoms with Crippen molar-refractivity contribution in [3.05, 3.63) is 134 Å². The quantitative estimate of drug-likeness (QED) is 0.0169. The maximum Gasteiger partial charge on any atom is 0.472 e. The molecule has 5 atom stereocenters. The molecule has 0 saturated heterocycles. The van der Waals surface area contributed by atoms with E-state index in [0.717, 1.165) is 173 Å². The maximum absolute atomic E-state index is 13.1. The topological polar surface area (TPSA) is 237 Å². The first-order valence-electron chi connectivity index (χ1n) is 36.4. The normalized spacial score (nSPS) is 14.8. The predicted molar refractivity (Wildman–Crippen MR) is 390 cm³/mol. The van der Waals surface area contributed by atoms with Gasteiger partial charge in [-0.1, -0.05) is 238 Å². The molecule has 0 heterocycles. The van der Waals surface area contributed by atoms with Crippen molar-refractivity contribution in [2.24, 2.45) is 0 Å². The minimum Gasteiger partial charge on any atom is -0.462 e. The lowest BCUT2D eigenvalue weighted by atomic mass is 10.1. The second-order valence-corrected chi connectivity index (χ2v) is 26.7. The van der Waals surface area contributed by atoms with Gasteiger partial charge in [0.05, 0.1) is 26.4 Å². The third-order valence-corrected chi connectivity index (χ3v) is 16.5. The van der Waals surface area contributed by atoms with Crippen LogP contribution in [0.5, 0.6) is 0 Å². The number of aliphatic hydroxyl groups is 1. The molecular formula is C77H128O17P2. The van der Waals surface area contributed by atoms with E-state index in [-0.39, 0.29) is 25.7 Å². The van der Waals surface area contributed by atoms with E-state index in [2.05, 4.69) is 149 Å². The van der Waals surface area contributed by atoms with Crippen LogP contribution >= 0.6 is 15.6 Å². The van der Waals surface area contributed by atoms with Crippen molar-refractivity contribution in [2.45, 2.75) is 290 Å². The highest BCUT2D eigenvalue weighted by atomic mass is 31.2. The van der Waals surface area contributed by atoms with Crippen LogP contribution in [0.15, 0.2) is 134 Å². The molecule has 0 rings (SSSR count). The number of hydrogen-bond donors (Lipinski definition) is 3. The number of hydrogen-bond acceptors (Lipinski definition) is 15. The third-order valence-electron chi connectivity index (χ3n) is 14.6. The van der Waals surface area contributed by atoms with Crippen molar-refractivity contribution in [3.63, 3.8) is 0 Å². The molecule has 0 aliphatic heterocycles. The van der Waals surface area contributed by atoms with E-state index in [1.165, 1.54) is 12.8 Å². The summed E-state index contributed by atoms with van der Waals surface area (Å²) < 4.78 is 68.2. The minimum absolute atomic E-state index is 0.0592. The fraction of sp³-hybridized carbons (Fsp3) is 0.662. The molecule has 0 aliphatic rings. The Bertz CT molecular complexity index is 2350. The Labute approximate surface area is 580 Å². The van der Waals surface area contributed by atoms with Crippen LogP contribution in [0.2, 0.25) is 0 Å². The molecule has 5 unspecified atom stereocenters. The first-order valence-corrected chi connectivity index (χ1v) is 39.4. The van der Waals surface area contributed by atoms with Crippen LogP contribution in [0.3, 0.4) is 0 Å². The number of rotatable bonds is 67. The molecule has 0 radical (unpaired) electrons. The molecule has 0 fully saturated rings. The summed E-state index contributed by atoms with van der Waals surface area (Å²) in [5, 5.41) is 10.6. The van der Waals surface area contributed by atoms with Crippen LogP contribution in [0.4, 0.5) is 0 Å². The highest BCUT2D eigenvalue weighted by Crippen LogP contribution is 2.45. The maximum atomic E-state index is 13.1. The van der Waals surface area contributed by atoms with Crippen LogP contribution in [0, 0.1) is 0 Å². The van der Waals surface area contributed by atoms with E-state index in [9.17, 15) is 43.2 Å². The molecule has 0 aromatic rings. The molecule has 0 amide bonds. The van der Waals surface area contributed by atoms with Crippen molar-refractivity contribution in [1.29, 1.82) is 0 Å². The second kappa shape index (κ2) is 68.7. The molecule has 0 bridgehead atoms. The number of phosphoric acid groups is 2. The molecule has 19 heteroatoms. The van der Waals surface area contributed by atoms with Gasteiger partial charge in [0.1, 0.15) is 19.3 Å². The SMILES string of the molecule is CC/C=C\C/C=C\C/C=C\C/C=C\C/C=C\CCCC(=O)OCC(COP(=O)(O)OCC(O)COP(=O)(O)OCC(COC(=O)CCCCCCC/C=C\C/C=C\CCC)OC(=O)CCCCCCC/C=C\CCCC)OC(=O)CCCCCCC/C=C\C/C=C\C/C=C\CC. The molecule has 0 aromatic carbocycles. The largest absolute Gasteiger partial charge is 0.472 e. The van der Waals surface area contributed by atoms with Gasteiger partial charge < -0.3 is 33.8 Å². The Balaban J connectivity index is 5.41. The van der Waals surface area contributed by atoms with E-state index >= 15 is 0 Å². The van der Waals surface area contributed by atoms with Gasteiger partial charge in [-0.05, 0) is 141 Å². The van der Waals surface area contributed by atoms with Gasteiger partial charge in [-0.25, -0.2) is 9.13 Å².